The molecule has 0 radical (unpaired) electrons. The molecule has 0 bridgehead atoms. The van der Waals surface area contributed by atoms with E-state index in [4.69, 9.17) is 0 Å². The van der Waals surface area contributed by atoms with Crippen LogP contribution >= 0.6 is 0 Å². The van der Waals surface area contributed by atoms with E-state index in [1.54, 1.807) is 0 Å². The summed E-state index contributed by atoms with van der Waals surface area (Å²) in [5.74, 6) is -2.40. The fraction of sp³-hybridized carbons (Fsp3) is 0.273. The van der Waals surface area contributed by atoms with Crippen LogP contribution in [0, 0.1) is 16.0 Å². The minimum atomic E-state index is -1.26. The number of rotatable bonds is 3. The SMILES string of the molecule is O=C([O-])[C@@H]1CC(=O)N(c2ccc([N+](=O)[O-])cc2)C1. The van der Waals surface area contributed by atoms with E-state index in [1.165, 1.54) is 29.2 Å². The third-order valence-electron chi connectivity index (χ3n) is 2.83. The van der Waals surface area contributed by atoms with Gasteiger partial charge in [-0.3, -0.25) is 14.9 Å². The van der Waals surface area contributed by atoms with Gasteiger partial charge in [-0.2, -0.15) is 0 Å². The van der Waals surface area contributed by atoms with Crippen molar-refractivity contribution in [3.05, 3.63) is 34.4 Å². The van der Waals surface area contributed by atoms with Crippen molar-refractivity contribution in [1.29, 1.82) is 0 Å². The van der Waals surface area contributed by atoms with Crippen molar-refractivity contribution >= 4 is 23.3 Å². The van der Waals surface area contributed by atoms with Crippen LogP contribution in [0.4, 0.5) is 11.4 Å². The Labute approximate surface area is 102 Å². The molecule has 0 N–H and O–H groups in total. The summed E-state index contributed by atoms with van der Waals surface area (Å²) in [5.41, 5.74) is 0.371. The number of aliphatic carboxylic acids is 1. The lowest BCUT2D eigenvalue weighted by Gasteiger charge is -2.16. The number of benzene rings is 1. The smallest absolute Gasteiger partial charge is 0.269 e. The normalized spacial score (nSPS) is 19.0. The average molecular weight is 249 g/mol. The molecule has 1 amide bonds. The Balaban J connectivity index is 2.19. The van der Waals surface area contributed by atoms with Crippen LogP contribution in [0.2, 0.25) is 0 Å². The van der Waals surface area contributed by atoms with E-state index in [-0.39, 0.29) is 24.6 Å². The molecule has 1 aliphatic rings. The van der Waals surface area contributed by atoms with Gasteiger partial charge >= 0.3 is 0 Å². The van der Waals surface area contributed by atoms with Gasteiger partial charge in [0.15, 0.2) is 0 Å². The summed E-state index contributed by atoms with van der Waals surface area (Å²) in [6, 6.07) is 5.39. The minimum absolute atomic E-state index is 0.0407. The maximum Gasteiger partial charge on any atom is 0.269 e. The zero-order valence-corrected chi connectivity index (χ0v) is 9.24. The highest BCUT2D eigenvalue weighted by Gasteiger charge is 2.31. The van der Waals surface area contributed by atoms with Gasteiger partial charge in [0.05, 0.1) is 4.92 Å². The molecule has 7 heteroatoms. The molecule has 94 valence electrons. The molecule has 1 saturated heterocycles. The van der Waals surface area contributed by atoms with Crippen LogP contribution in [0.15, 0.2) is 24.3 Å². The fourth-order valence-electron chi connectivity index (χ4n) is 1.87. The van der Waals surface area contributed by atoms with Crippen molar-refractivity contribution in [3.8, 4) is 0 Å². The number of nitrogens with zero attached hydrogens (tertiary/aromatic N) is 2. The summed E-state index contributed by atoms with van der Waals surface area (Å²) >= 11 is 0. The van der Waals surface area contributed by atoms with Gasteiger partial charge in [-0.15, -0.1) is 0 Å². The van der Waals surface area contributed by atoms with Gasteiger partial charge in [-0.05, 0) is 12.1 Å². The van der Waals surface area contributed by atoms with Gasteiger partial charge in [-0.25, -0.2) is 0 Å². The van der Waals surface area contributed by atoms with E-state index >= 15 is 0 Å². The number of carboxylic acids is 1. The highest BCUT2D eigenvalue weighted by Crippen LogP contribution is 2.26. The first-order valence-corrected chi connectivity index (χ1v) is 5.24. The number of carbonyl (C=O) groups is 2. The zero-order valence-electron chi connectivity index (χ0n) is 9.24. The Morgan fingerprint density at radius 3 is 2.39 bits per heavy atom. The second-order valence-corrected chi connectivity index (χ2v) is 4.00. The van der Waals surface area contributed by atoms with Gasteiger partial charge in [0, 0.05) is 42.7 Å². The molecule has 2 rings (SSSR count). The van der Waals surface area contributed by atoms with E-state index in [9.17, 15) is 24.8 Å². The number of non-ortho nitro benzene ring substituents is 1. The van der Waals surface area contributed by atoms with Gasteiger partial charge in [0.25, 0.3) is 5.69 Å². The van der Waals surface area contributed by atoms with Crippen molar-refractivity contribution in [3.63, 3.8) is 0 Å². The van der Waals surface area contributed by atoms with Crippen molar-refractivity contribution in [2.45, 2.75) is 6.42 Å². The first-order chi connectivity index (χ1) is 8.49. The molecule has 0 saturated carbocycles. The fourth-order valence-corrected chi connectivity index (χ4v) is 1.87. The molecule has 0 spiro atoms. The first kappa shape index (κ1) is 12.0. The van der Waals surface area contributed by atoms with Crippen LogP contribution in [-0.2, 0) is 9.59 Å². The third-order valence-corrected chi connectivity index (χ3v) is 2.83. The Morgan fingerprint density at radius 1 is 1.33 bits per heavy atom. The summed E-state index contributed by atoms with van der Waals surface area (Å²) in [5, 5.41) is 21.2. The number of carbonyl (C=O) groups excluding carboxylic acids is 2. The van der Waals surface area contributed by atoms with Crippen molar-refractivity contribution < 1.29 is 19.6 Å². The van der Waals surface area contributed by atoms with Crippen molar-refractivity contribution in [1.82, 2.24) is 0 Å². The summed E-state index contributed by atoms with van der Waals surface area (Å²) < 4.78 is 0. The number of nitro benzene ring substituents is 1. The maximum atomic E-state index is 11.6. The Morgan fingerprint density at radius 2 is 1.94 bits per heavy atom. The third kappa shape index (κ3) is 2.15. The zero-order chi connectivity index (χ0) is 13.3. The molecule has 7 nitrogen and oxygen atoms in total. The lowest BCUT2D eigenvalue weighted by Crippen LogP contribution is -2.33. The van der Waals surface area contributed by atoms with Crippen molar-refractivity contribution in [2.24, 2.45) is 5.92 Å². The van der Waals surface area contributed by atoms with Crippen LogP contribution in [0.3, 0.4) is 0 Å². The lowest BCUT2D eigenvalue weighted by atomic mass is 10.1. The number of nitro groups is 1. The molecule has 0 aliphatic carbocycles. The first-order valence-electron chi connectivity index (χ1n) is 5.24. The van der Waals surface area contributed by atoms with E-state index in [0.717, 1.165) is 0 Å². The molecule has 0 unspecified atom stereocenters. The van der Waals surface area contributed by atoms with Gasteiger partial charge in [-0.1, -0.05) is 0 Å². The summed E-state index contributed by atoms with van der Waals surface area (Å²) in [6.45, 7) is 0.0407. The van der Waals surface area contributed by atoms with Gasteiger partial charge in [0.1, 0.15) is 0 Å². The number of amides is 1. The lowest BCUT2D eigenvalue weighted by molar-refractivity contribution is -0.384. The summed E-state index contributed by atoms with van der Waals surface area (Å²) in [4.78, 5) is 33.5. The quantitative estimate of drug-likeness (QED) is 0.540. The maximum absolute atomic E-state index is 11.6. The van der Waals surface area contributed by atoms with E-state index < -0.39 is 16.8 Å². The van der Waals surface area contributed by atoms with E-state index in [1.807, 2.05) is 0 Å². The molecule has 1 aliphatic heterocycles. The van der Waals surface area contributed by atoms with Crippen molar-refractivity contribution in [2.75, 3.05) is 11.4 Å². The molecule has 1 aromatic carbocycles. The highest BCUT2D eigenvalue weighted by molar-refractivity contribution is 5.99. The molecule has 1 atom stereocenters. The van der Waals surface area contributed by atoms with Gasteiger partial charge in [0.2, 0.25) is 5.91 Å². The van der Waals surface area contributed by atoms with E-state index in [0.29, 0.717) is 5.69 Å². The second-order valence-electron chi connectivity index (χ2n) is 4.00. The molecule has 18 heavy (non-hydrogen) atoms. The number of anilines is 1. The summed E-state index contributed by atoms with van der Waals surface area (Å²) in [7, 11) is 0. The Hall–Kier alpha value is -2.44. The number of hydrogen-bond acceptors (Lipinski definition) is 5. The van der Waals surface area contributed by atoms with Crippen LogP contribution in [0.1, 0.15) is 6.42 Å². The minimum Gasteiger partial charge on any atom is -0.550 e. The topological polar surface area (TPSA) is 104 Å². The second kappa shape index (κ2) is 4.44. The molecule has 1 heterocycles. The Bertz CT molecular complexity index is 511. The predicted octanol–water partition coefficient (Wildman–Crippen LogP) is -0.302. The largest absolute Gasteiger partial charge is 0.550 e. The number of carboxylic acid groups (broad SMARTS) is 1. The van der Waals surface area contributed by atoms with Crippen LogP contribution < -0.4 is 10.0 Å². The molecule has 0 aromatic heterocycles. The van der Waals surface area contributed by atoms with Crippen LogP contribution in [-0.4, -0.2) is 23.3 Å². The molecule has 1 fully saturated rings. The molecular formula is C11H9N2O5-. The average Bonchev–Trinajstić information content (AvgIpc) is 2.71. The summed E-state index contributed by atoms with van der Waals surface area (Å²) in [6.07, 6.45) is -0.0979. The highest BCUT2D eigenvalue weighted by atomic mass is 16.6. The Kier molecular flexibility index (Phi) is 2.97. The van der Waals surface area contributed by atoms with E-state index in [2.05, 4.69) is 0 Å². The van der Waals surface area contributed by atoms with Crippen LogP contribution in [0.5, 0.6) is 0 Å². The standard InChI is InChI=1S/C11H10N2O5/c14-10-5-7(11(15)16)6-12(10)8-1-3-9(4-2-8)13(17)18/h1-4,7H,5-6H2,(H,15,16)/p-1/t7-/m1/s1. The molecular weight excluding hydrogens is 240 g/mol. The number of hydrogen-bond donors (Lipinski definition) is 0. The monoisotopic (exact) mass is 249 g/mol. The molecule has 1 aromatic rings. The van der Waals surface area contributed by atoms with Crippen LogP contribution in [0.25, 0.3) is 0 Å². The van der Waals surface area contributed by atoms with Gasteiger partial charge < -0.3 is 14.8 Å². The predicted molar refractivity (Wildman–Crippen MR) is 58.6 cm³/mol.